The van der Waals surface area contributed by atoms with Crippen molar-refractivity contribution < 1.29 is 36.6 Å². The van der Waals surface area contributed by atoms with Gasteiger partial charge in [0.2, 0.25) is 0 Å². The molecule has 0 saturated heterocycles. The van der Waals surface area contributed by atoms with E-state index in [4.69, 9.17) is 9.05 Å². The van der Waals surface area contributed by atoms with E-state index in [2.05, 4.69) is 15.6 Å². The zero-order valence-electron chi connectivity index (χ0n) is 20.6. The second-order valence-corrected chi connectivity index (χ2v) is 11.2. The Kier molecular flexibility index (Phi) is 8.74. The molecule has 0 fully saturated rings. The van der Waals surface area contributed by atoms with Gasteiger partial charge in [-0.1, -0.05) is 48.5 Å². The number of aliphatic hydroxyl groups excluding tert-OH is 1. The van der Waals surface area contributed by atoms with E-state index >= 15 is 0 Å². The Bertz CT molecular complexity index is 1340. The van der Waals surface area contributed by atoms with E-state index in [1.54, 1.807) is 6.07 Å². The van der Waals surface area contributed by atoms with E-state index in [-0.39, 0.29) is 31.4 Å². The number of thiophene rings is 1. The summed E-state index contributed by atoms with van der Waals surface area (Å²) in [4.78, 5) is 2.82. The summed E-state index contributed by atoms with van der Waals surface area (Å²) < 4.78 is 70.3. The summed E-state index contributed by atoms with van der Waals surface area (Å²) in [5, 5.41) is 11.3. The molecule has 12 heteroatoms. The lowest BCUT2D eigenvalue weighted by Crippen LogP contribution is -2.36. The van der Waals surface area contributed by atoms with Gasteiger partial charge in [0.15, 0.2) is 0 Å². The maximum absolute atomic E-state index is 13.1. The SMILES string of the molecule is COP(=O)(/N=C1/CC(c2ccc(CO)cc2)=CC(c2cccs2)N1Cc1cccc(OC(F)(F)F)c1)OC. The Labute approximate surface area is 222 Å². The van der Waals surface area contributed by atoms with Gasteiger partial charge in [0.1, 0.15) is 11.6 Å². The first kappa shape index (κ1) is 28.1. The van der Waals surface area contributed by atoms with Crippen LogP contribution in [0.4, 0.5) is 13.2 Å². The first-order chi connectivity index (χ1) is 18.1. The number of rotatable bonds is 9. The molecule has 7 nitrogen and oxygen atoms in total. The molecule has 0 radical (unpaired) electrons. The number of hydrogen-bond donors (Lipinski definition) is 1. The first-order valence-corrected chi connectivity index (χ1v) is 13.9. The fraction of sp³-hybridized carbons (Fsp3) is 0.269. The Morgan fingerprint density at radius 3 is 2.42 bits per heavy atom. The zero-order chi connectivity index (χ0) is 27.3. The molecule has 3 aromatic rings. The molecule has 4 rings (SSSR count). The lowest BCUT2D eigenvalue weighted by atomic mass is 9.93. The minimum Gasteiger partial charge on any atom is -0.406 e. The molecule has 1 aliphatic heterocycles. The highest BCUT2D eigenvalue weighted by atomic mass is 32.1. The highest BCUT2D eigenvalue weighted by molar-refractivity contribution is 7.52. The van der Waals surface area contributed by atoms with E-state index < -0.39 is 14.1 Å². The number of benzene rings is 2. The second kappa shape index (κ2) is 11.8. The van der Waals surface area contributed by atoms with Crippen LogP contribution < -0.4 is 4.74 Å². The van der Waals surface area contributed by atoms with Gasteiger partial charge in [0, 0.05) is 32.1 Å². The number of aliphatic hydroxyl groups is 1. The zero-order valence-corrected chi connectivity index (χ0v) is 22.3. The monoisotopic (exact) mass is 566 g/mol. The Morgan fingerprint density at radius 1 is 1.08 bits per heavy atom. The molecule has 2 aromatic carbocycles. The van der Waals surface area contributed by atoms with Crippen LogP contribution in [0.15, 0.2) is 76.9 Å². The summed E-state index contributed by atoms with van der Waals surface area (Å²) in [6, 6.07) is 16.6. The fourth-order valence-electron chi connectivity index (χ4n) is 4.11. The van der Waals surface area contributed by atoms with E-state index in [1.807, 2.05) is 46.7 Å². The molecule has 0 saturated carbocycles. The maximum atomic E-state index is 13.1. The number of nitrogens with zero attached hydrogens (tertiary/aromatic N) is 2. The molecule has 0 aliphatic carbocycles. The van der Waals surface area contributed by atoms with Gasteiger partial charge in [-0.2, -0.15) is 4.76 Å². The van der Waals surface area contributed by atoms with Crippen molar-refractivity contribution in [2.24, 2.45) is 4.76 Å². The Hall–Kier alpha value is -2.95. The average molecular weight is 567 g/mol. The normalized spacial score (nSPS) is 17.5. The molecule has 202 valence electrons. The van der Waals surface area contributed by atoms with Gasteiger partial charge in [0.05, 0.1) is 12.6 Å². The summed E-state index contributed by atoms with van der Waals surface area (Å²) in [5.41, 5.74) is 3.09. The molecule has 38 heavy (non-hydrogen) atoms. The molecule has 1 aliphatic rings. The number of halogens is 3. The van der Waals surface area contributed by atoms with Crippen molar-refractivity contribution in [2.45, 2.75) is 32.0 Å². The molecular formula is C26H26F3N2O5PS. The summed E-state index contributed by atoms with van der Waals surface area (Å²) in [6.07, 6.45) is -2.50. The minimum atomic E-state index is -4.82. The van der Waals surface area contributed by atoms with Gasteiger partial charge in [-0.25, -0.2) is 4.57 Å². The van der Waals surface area contributed by atoms with Crippen LogP contribution in [0, 0.1) is 0 Å². The topological polar surface area (TPSA) is 80.6 Å². The Balaban J connectivity index is 1.81. The summed E-state index contributed by atoms with van der Waals surface area (Å²) in [7, 11) is -1.37. The van der Waals surface area contributed by atoms with Crippen LogP contribution in [-0.2, 0) is 26.8 Å². The number of hydrogen-bond acceptors (Lipinski definition) is 6. The standard InChI is InChI=1S/C26H26F3N2O5PS/c1-34-37(33,35-2)30-25-15-21(20-10-8-18(17-32)9-11-20)14-23(24-7-4-12-38-24)31(25)16-19-5-3-6-22(13-19)36-26(27,28)29/h3-14,23,32H,15-17H2,1-2H3/b30-25-. The molecule has 0 spiro atoms. The van der Waals surface area contributed by atoms with Crippen LogP contribution >= 0.6 is 19.1 Å². The van der Waals surface area contributed by atoms with Crippen LogP contribution in [0.25, 0.3) is 5.57 Å². The lowest BCUT2D eigenvalue weighted by Gasteiger charge is -2.37. The van der Waals surface area contributed by atoms with Gasteiger partial charge in [-0.05, 0) is 45.8 Å². The summed E-state index contributed by atoms with van der Waals surface area (Å²) >= 11 is 1.51. The second-order valence-electron chi connectivity index (χ2n) is 8.36. The van der Waals surface area contributed by atoms with Crippen molar-refractivity contribution in [3.05, 3.63) is 93.7 Å². The fourth-order valence-corrected chi connectivity index (χ4v) is 5.69. The third-order valence-electron chi connectivity index (χ3n) is 5.90. The summed E-state index contributed by atoms with van der Waals surface area (Å²) in [5.74, 6) is 0.0548. The maximum Gasteiger partial charge on any atom is 0.573 e. The molecule has 0 amide bonds. The number of amidine groups is 1. The summed E-state index contributed by atoms with van der Waals surface area (Å²) in [6.45, 7) is 0.0662. The molecule has 1 atom stereocenters. The van der Waals surface area contributed by atoms with Crippen molar-refractivity contribution in [3.8, 4) is 5.75 Å². The number of ether oxygens (including phenoxy) is 1. The van der Waals surface area contributed by atoms with Gasteiger partial charge in [0.25, 0.3) is 0 Å². The third-order valence-corrected chi connectivity index (χ3v) is 8.24. The van der Waals surface area contributed by atoms with Crippen molar-refractivity contribution in [3.63, 3.8) is 0 Å². The third kappa shape index (κ3) is 6.92. The highest BCUT2D eigenvalue weighted by Crippen LogP contribution is 2.50. The molecule has 1 aromatic heterocycles. The van der Waals surface area contributed by atoms with E-state index in [9.17, 15) is 22.8 Å². The molecule has 1 unspecified atom stereocenters. The van der Waals surface area contributed by atoms with Gasteiger partial charge >= 0.3 is 14.1 Å². The van der Waals surface area contributed by atoms with Crippen LogP contribution in [0.3, 0.4) is 0 Å². The van der Waals surface area contributed by atoms with Gasteiger partial charge in [-0.3, -0.25) is 9.05 Å². The van der Waals surface area contributed by atoms with E-state index in [1.165, 1.54) is 43.8 Å². The van der Waals surface area contributed by atoms with Crippen molar-refractivity contribution in [1.29, 1.82) is 0 Å². The van der Waals surface area contributed by atoms with Crippen molar-refractivity contribution in [1.82, 2.24) is 4.90 Å². The van der Waals surface area contributed by atoms with Crippen LogP contribution in [-0.4, -0.2) is 36.4 Å². The predicted molar refractivity (Wildman–Crippen MR) is 140 cm³/mol. The largest absolute Gasteiger partial charge is 0.573 e. The molecule has 2 heterocycles. The lowest BCUT2D eigenvalue weighted by molar-refractivity contribution is -0.274. The average Bonchev–Trinajstić information content (AvgIpc) is 3.44. The van der Waals surface area contributed by atoms with E-state index in [0.717, 1.165) is 21.6 Å². The Morgan fingerprint density at radius 2 is 1.82 bits per heavy atom. The smallest absolute Gasteiger partial charge is 0.406 e. The molecule has 1 N–H and O–H groups in total. The van der Waals surface area contributed by atoms with E-state index in [0.29, 0.717) is 11.4 Å². The predicted octanol–water partition coefficient (Wildman–Crippen LogP) is 6.97. The molecule has 0 bridgehead atoms. The van der Waals surface area contributed by atoms with Crippen LogP contribution in [0.2, 0.25) is 0 Å². The number of alkyl halides is 3. The van der Waals surface area contributed by atoms with Crippen LogP contribution in [0.1, 0.15) is 34.0 Å². The van der Waals surface area contributed by atoms with Crippen LogP contribution in [0.5, 0.6) is 5.75 Å². The molecular weight excluding hydrogens is 540 g/mol. The minimum absolute atomic E-state index is 0.0837. The highest BCUT2D eigenvalue weighted by Gasteiger charge is 2.34. The quantitative estimate of drug-likeness (QED) is 0.282. The van der Waals surface area contributed by atoms with Gasteiger partial charge < -0.3 is 14.7 Å². The van der Waals surface area contributed by atoms with Crippen molar-refractivity contribution in [2.75, 3.05) is 14.2 Å². The van der Waals surface area contributed by atoms with Crippen molar-refractivity contribution >= 4 is 30.5 Å². The van der Waals surface area contributed by atoms with Gasteiger partial charge in [-0.15, -0.1) is 24.5 Å². The first-order valence-electron chi connectivity index (χ1n) is 11.5.